The highest BCUT2D eigenvalue weighted by Crippen LogP contribution is 2.21. The second kappa shape index (κ2) is 8.65. The van der Waals surface area contributed by atoms with E-state index in [2.05, 4.69) is 10.3 Å². The van der Waals surface area contributed by atoms with Gasteiger partial charge in [-0.1, -0.05) is 29.8 Å². The van der Waals surface area contributed by atoms with Crippen LogP contribution in [0.1, 0.15) is 28.9 Å². The van der Waals surface area contributed by atoms with E-state index in [0.29, 0.717) is 37.2 Å². The molecule has 146 valence electrons. The molecule has 1 aromatic heterocycles. The maximum atomic E-state index is 13.8. The average molecular weight is 382 g/mol. The highest BCUT2D eigenvalue weighted by atomic mass is 19.1. The number of carbonyl (C=O) groups is 2. The first-order valence-electron chi connectivity index (χ1n) is 9.11. The lowest BCUT2D eigenvalue weighted by Gasteiger charge is -2.28. The molecule has 0 aliphatic carbocycles. The zero-order valence-corrected chi connectivity index (χ0v) is 16.0. The molecule has 2 aromatic rings. The topological polar surface area (TPSA) is 65.5 Å². The standard InChI is InChI=1S/C21H23FN4O2/c1-25(2)20(27)19-14-17(7-10-23-19)24-21(28)26-11-8-15(9-12-26)13-16-5-3-4-6-18(16)22/h3-7,10,13-14H,8-9,11-12H2,1-2H3,(H,23,24,28). The lowest BCUT2D eigenvalue weighted by molar-refractivity contribution is 0.0822. The number of carbonyl (C=O) groups excluding carboxylic acids is 2. The molecule has 1 aliphatic rings. The fraction of sp³-hybridized carbons (Fsp3) is 0.286. The summed E-state index contributed by atoms with van der Waals surface area (Å²) in [6, 6.07) is 9.66. The Morgan fingerprint density at radius 1 is 1.18 bits per heavy atom. The molecule has 28 heavy (non-hydrogen) atoms. The van der Waals surface area contributed by atoms with Gasteiger partial charge in [-0.3, -0.25) is 9.78 Å². The molecule has 0 radical (unpaired) electrons. The summed E-state index contributed by atoms with van der Waals surface area (Å²) in [5, 5.41) is 2.82. The van der Waals surface area contributed by atoms with Crippen LogP contribution in [0.2, 0.25) is 0 Å². The zero-order chi connectivity index (χ0) is 20.1. The normalized spacial score (nSPS) is 13.8. The summed E-state index contributed by atoms with van der Waals surface area (Å²) in [7, 11) is 3.30. The molecule has 7 heteroatoms. The van der Waals surface area contributed by atoms with E-state index in [1.807, 2.05) is 12.1 Å². The Hall–Kier alpha value is -3.22. The third-order valence-electron chi connectivity index (χ3n) is 4.59. The molecule has 0 spiro atoms. The SMILES string of the molecule is CN(C)C(=O)c1cc(NC(=O)N2CCC(=Cc3ccccc3F)CC2)ccn1. The minimum Gasteiger partial charge on any atom is -0.343 e. The maximum absolute atomic E-state index is 13.8. The minimum atomic E-state index is -0.240. The van der Waals surface area contributed by atoms with Gasteiger partial charge in [0, 0.05) is 44.6 Å². The molecule has 3 amide bonds. The summed E-state index contributed by atoms with van der Waals surface area (Å²) in [6.07, 6.45) is 4.76. The molecule has 2 heterocycles. The van der Waals surface area contributed by atoms with Crippen LogP contribution >= 0.6 is 0 Å². The predicted molar refractivity (Wildman–Crippen MR) is 106 cm³/mol. The van der Waals surface area contributed by atoms with E-state index in [-0.39, 0.29) is 23.4 Å². The van der Waals surface area contributed by atoms with Crippen LogP contribution in [0.25, 0.3) is 6.08 Å². The zero-order valence-electron chi connectivity index (χ0n) is 16.0. The summed E-state index contributed by atoms with van der Waals surface area (Å²) < 4.78 is 13.8. The quantitative estimate of drug-likeness (QED) is 0.882. The molecule has 1 fully saturated rings. The van der Waals surface area contributed by atoms with E-state index in [1.54, 1.807) is 43.3 Å². The van der Waals surface area contributed by atoms with E-state index in [4.69, 9.17) is 0 Å². The van der Waals surface area contributed by atoms with Crippen molar-refractivity contribution in [3.05, 3.63) is 65.2 Å². The van der Waals surface area contributed by atoms with Crippen molar-refractivity contribution in [1.29, 1.82) is 0 Å². The van der Waals surface area contributed by atoms with E-state index < -0.39 is 0 Å². The van der Waals surface area contributed by atoms with Crippen LogP contribution in [-0.2, 0) is 0 Å². The highest BCUT2D eigenvalue weighted by molar-refractivity contribution is 5.95. The number of piperidine rings is 1. The maximum Gasteiger partial charge on any atom is 0.321 e. The van der Waals surface area contributed by atoms with Crippen LogP contribution in [-0.4, -0.2) is 53.9 Å². The Labute approximate surface area is 163 Å². The van der Waals surface area contributed by atoms with Crippen LogP contribution in [0, 0.1) is 5.82 Å². The smallest absolute Gasteiger partial charge is 0.321 e. The van der Waals surface area contributed by atoms with Gasteiger partial charge in [-0.05, 0) is 31.0 Å². The van der Waals surface area contributed by atoms with Gasteiger partial charge in [-0.2, -0.15) is 0 Å². The molecule has 6 nitrogen and oxygen atoms in total. The number of nitrogens with one attached hydrogen (secondary N) is 1. The number of urea groups is 1. The van der Waals surface area contributed by atoms with Gasteiger partial charge in [0.15, 0.2) is 0 Å². The second-order valence-corrected chi connectivity index (χ2v) is 6.87. The number of likely N-dealkylation sites (tertiary alicyclic amines) is 1. The Morgan fingerprint density at radius 3 is 2.57 bits per heavy atom. The van der Waals surface area contributed by atoms with Crippen molar-refractivity contribution in [3.63, 3.8) is 0 Å². The lowest BCUT2D eigenvalue weighted by atomic mass is 10.0. The summed E-state index contributed by atoms with van der Waals surface area (Å²) in [5.41, 5.74) is 2.50. The van der Waals surface area contributed by atoms with Crippen LogP contribution in [0.4, 0.5) is 14.9 Å². The van der Waals surface area contributed by atoms with E-state index in [9.17, 15) is 14.0 Å². The van der Waals surface area contributed by atoms with E-state index in [0.717, 1.165) is 5.57 Å². The minimum absolute atomic E-state index is 0.223. The van der Waals surface area contributed by atoms with Crippen molar-refractivity contribution >= 4 is 23.7 Å². The van der Waals surface area contributed by atoms with Crippen LogP contribution < -0.4 is 5.32 Å². The summed E-state index contributed by atoms with van der Waals surface area (Å²) in [6.45, 7) is 1.11. The molecule has 1 saturated heterocycles. The van der Waals surface area contributed by atoms with Gasteiger partial charge in [0.05, 0.1) is 0 Å². The van der Waals surface area contributed by atoms with Crippen LogP contribution in [0.15, 0.2) is 48.2 Å². The Bertz CT molecular complexity index is 901. The van der Waals surface area contributed by atoms with Gasteiger partial charge >= 0.3 is 6.03 Å². The molecule has 1 aromatic carbocycles. The third kappa shape index (κ3) is 4.73. The first kappa shape index (κ1) is 19.5. The molecular formula is C21H23FN4O2. The number of benzene rings is 1. The Kier molecular flexibility index (Phi) is 6.03. The number of halogens is 1. The van der Waals surface area contributed by atoms with E-state index in [1.165, 1.54) is 17.2 Å². The lowest BCUT2D eigenvalue weighted by Crippen LogP contribution is -2.39. The third-order valence-corrected chi connectivity index (χ3v) is 4.59. The predicted octanol–water partition coefficient (Wildman–Crippen LogP) is 3.63. The molecule has 0 bridgehead atoms. The fourth-order valence-corrected chi connectivity index (χ4v) is 3.01. The number of anilines is 1. The molecule has 3 rings (SSSR count). The Balaban J connectivity index is 1.59. The summed E-state index contributed by atoms with van der Waals surface area (Å²) in [4.78, 5) is 31.7. The largest absolute Gasteiger partial charge is 0.343 e. The van der Waals surface area contributed by atoms with Crippen molar-refractivity contribution in [3.8, 4) is 0 Å². The fourth-order valence-electron chi connectivity index (χ4n) is 3.01. The van der Waals surface area contributed by atoms with Crippen molar-refractivity contribution in [2.45, 2.75) is 12.8 Å². The number of pyridine rings is 1. The average Bonchev–Trinajstić information content (AvgIpc) is 2.70. The van der Waals surface area contributed by atoms with Crippen LogP contribution in [0.5, 0.6) is 0 Å². The van der Waals surface area contributed by atoms with E-state index >= 15 is 0 Å². The van der Waals surface area contributed by atoms with Crippen molar-refractivity contribution in [2.24, 2.45) is 0 Å². The van der Waals surface area contributed by atoms with Gasteiger partial charge in [0.25, 0.3) is 5.91 Å². The monoisotopic (exact) mass is 382 g/mol. The Morgan fingerprint density at radius 2 is 1.89 bits per heavy atom. The first-order valence-corrected chi connectivity index (χ1v) is 9.11. The van der Waals surface area contributed by atoms with Crippen molar-refractivity contribution in [2.75, 3.05) is 32.5 Å². The number of rotatable bonds is 3. The van der Waals surface area contributed by atoms with Crippen molar-refractivity contribution < 1.29 is 14.0 Å². The van der Waals surface area contributed by atoms with Gasteiger partial charge < -0.3 is 15.1 Å². The number of amides is 3. The van der Waals surface area contributed by atoms with Crippen LogP contribution in [0.3, 0.4) is 0 Å². The number of nitrogens with zero attached hydrogens (tertiary/aromatic N) is 3. The second-order valence-electron chi connectivity index (χ2n) is 6.87. The van der Waals surface area contributed by atoms with Gasteiger partial charge in [-0.25, -0.2) is 9.18 Å². The summed E-state index contributed by atoms with van der Waals surface area (Å²) >= 11 is 0. The van der Waals surface area contributed by atoms with Gasteiger partial charge in [0.1, 0.15) is 11.5 Å². The summed E-state index contributed by atoms with van der Waals surface area (Å²) in [5.74, 6) is -0.465. The number of hydrogen-bond acceptors (Lipinski definition) is 3. The highest BCUT2D eigenvalue weighted by Gasteiger charge is 2.20. The molecule has 0 unspecified atom stereocenters. The molecule has 1 N–H and O–H groups in total. The van der Waals surface area contributed by atoms with Gasteiger partial charge in [0.2, 0.25) is 0 Å². The first-order chi connectivity index (χ1) is 13.4. The van der Waals surface area contributed by atoms with Gasteiger partial charge in [-0.15, -0.1) is 0 Å². The molecule has 0 atom stereocenters. The van der Waals surface area contributed by atoms with Crippen molar-refractivity contribution in [1.82, 2.24) is 14.8 Å². The number of aromatic nitrogens is 1. The number of hydrogen-bond donors (Lipinski definition) is 1. The molecule has 0 saturated carbocycles. The molecular weight excluding hydrogens is 359 g/mol. The molecule has 1 aliphatic heterocycles.